The summed E-state index contributed by atoms with van der Waals surface area (Å²) in [7, 11) is 1.61. The first kappa shape index (κ1) is 13.9. The van der Waals surface area contributed by atoms with E-state index in [4.69, 9.17) is 28.3 Å². The third kappa shape index (κ3) is 2.75. The average molecular weight is 319 g/mol. The second kappa shape index (κ2) is 5.24. The molecule has 0 aromatic carbocycles. The molecule has 8 heteroatoms. The van der Waals surface area contributed by atoms with Crippen LogP contribution in [0.2, 0.25) is 10.2 Å². The quantitative estimate of drug-likeness (QED) is 0.911. The number of halogens is 2. The summed E-state index contributed by atoms with van der Waals surface area (Å²) in [5.41, 5.74) is 0.292. The average Bonchev–Trinajstić information content (AvgIpc) is 2.90. The van der Waals surface area contributed by atoms with Crippen LogP contribution < -0.4 is 5.32 Å². The van der Waals surface area contributed by atoms with Gasteiger partial charge in [0.15, 0.2) is 0 Å². The van der Waals surface area contributed by atoms with Crippen molar-refractivity contribution in [1.29, 1.82) is 0 Å². The molecule has 0 aliphatic heterocycles. The van der Waals surface area contributed by atoms with Gasteiger partial charge in [0, 0.05) is 7.05 Å². The number of nitrogens with one attached hydrogen (secondary N) is 1. The highest BCUT2D eigenvalue weighted by atomic mass is 35.5. The Bertz CT molecular complexity index is 663. The Labute approximate surface area is 122 Å². The van der Waals surface area contributed by atoms with E-state index in [9.17, 15) is 9.59 Å². The molecule has 0 fully saturated rings. The van der Waals surface area contributed by atoms with Gasteiger partial charge in [-0.25, -0.2) is 4.79 Å². The van der Waals surface area contributed by atoms with E-state index < -0.39 is 11.9 Å². The van der Waals surface area contributed by atoms with Gasteiger partial charge in [-0.15, -0.1) is 11.3 Å². The highest BCUT2D eigenvalue weighted by Crippen LogP contribution is 2.27. The van der Waals surface area contributed by atoms with E-state index >= 15 is 0 Å². The van der Waals surface area contributed by atoms with Gasteiger partial charge in [-0.3, -0.25) is 4.79 Å². The van der Waals surface area contributed by atoms with E-state index in [1.807, 2.05) is 0 Å². The molecule has 0 saturated carbocycles. The van der Waals surface area contributed by atoms with Crippen molar-refractivity contribution < 1.29 is 14.7 Å². The summed E-state index contributed by atoms with van der Waals surface area (Å²) < 4.78 is 1.45. The van der Waals surface area contributed by atoms with Crippen molar-refractivity contribution in [3.05, 3.63) is 38.9 Å². The van der Waals surface area contributed by atoms with E-state index in [-0.39, 0.29) is 15.1 Å². The van der Waals surface area contributed by atoms with E-state index in [2.05, 4.69) is 5.32 Å². The molecule has 0 atom stereocenters. The minimum Gasteiger partial charge on any atom is -0.477 e. The molecule has 1 amide bonds. The third-order valence-corrected chi connectivity index (χ3v) is 4.23. The van der Waals surface area contributed by atoms with Crippen LogP contribution in [0.1, 0.15) is 20.2 Å². The zero-order valence-corrected chi connectivity index (χ0v) is 11.9. The van der Waals surface area contributed by atoms with Crippen LogP contribution in [0.25, 0.3) is 0 Å². The summed E-state index contributed by atoms with van der Waals surface area (Å²) >= 11 is 12.7. The van der Waals surface area contributed by atoms with Crippen LogP contribution >= 0.6 is 34.5 Å². The molecule has 0 radical (unpaired) electrons. The van der Waals surface area contributed by atoms with Gasteiger partial charge in [0.05, 0.1) is 10.0 Å². The van der Waals surface area contributed by atoms with E-state index in [0.717, 1.165) is 11.3 Å². The number of carbonyl (C=O) groups is 2. The van der Waals surface area contributed by atoms with Crippen LogP contribution in [-0.2, 0) is 7.05 Å². The second-order valence-electron chi connectivity index (χ2n) is 3.65. The van der Waals surface area contributed by atoms with E-state index in [1.54, 1.807) is 7.05 Å². The van der Waals surface area contributed by atoms with Crippen LogP contribution in [0, 0.1) is 0 Å². The minimum absolute atomic E-state index is 0.151. The Hall–Kier alpha value is -1.50. The molecule has 0 unspecified atom stereocenters. The first-order valence-electron chi connectivity index (χ1n) is 5.05. The summed E-state index contributed by atoms with van der Waals surface area (Å²) in [6.07, 6.45) is 0. The van der Waals surface area contributed by atoms with Gasteiger partial charge < -0.3 is 15.0 Å². The number of carbonyl (C=O) groups excluding carboxylic acids is 1. The lowest BCUT2D eigenvalue weighted by Crippen LogP contribution is -2.14. The maximum Gasteiger partial charge on any atom is 0.345 e. The SMILES string of the molecule is Cn1c(C(=O)Nc2ccc(C(=O)O)s2)cc(Cl)c1Cl. The van der Waals surface area contributed by atoms with Crippen molar-refractivity contribution in [2.75, 3.05) is 5.32 Å². The third-order valence-electron chi connectivity index (χ3n) is 2.40. The molecule has 2 heterocycles. The number of rotatable bonds is 3. The fourth-order valence-corrected chi connectivity index (χ4v) is 2.57. The van der Waals surface area contributed by atoms with Crippen LogP contribution in [0.3, 0.4) is 0 Å². The Morgan fingerprint density at radius 2 is 2.05 bits per heavy atom. The lowest BCUT2D eigenvalue weighted by molar-refractivity contribution is 0.0702. The Morgan fingerprint density at radius 3 is 2.53 bits per heavy atom. The number of carboxylic acid groups (broad SMARTS) is 1. The maximum absolute atomic E-state index is 12.0. The predicted octanol–water partition coefficient (Wildman–Crippen LogP) is 3.34. The maximum atomic E-state index is 12.0. The lowest BCUT2D eigenvalue weighted by Gasteiger charge is -2.04. The molecule has 2 N–H and O–H groups in total. The van der Waals surface area contributed by atoms with Crippen LogP contribution in [0.15, 0.2) is 18.2 Å². The number of amides is 1. The van der Waals surface area contributed by atoms with E-state index in [1.165, 1.54) is 22.8 Å². The number of thiophene rings is 1. The van der Waals surface area contributed by atoms with Crippen molar-refractivity contribution in [1.82, 2.24) is 4.57 Å². The molecule has 5 nitrogen and oxygen atoms in total. The highest BCUT2D eigenvalue weighted by molar-refractivity contribution is 7.18. The number of aromatic carboxylic acids is 1. The van der Waals surface area contributed by atoms with Gasteiger partial charge in [0.2, 0.25) is 0 Å². The molecule has 0 saturated heterocycles. The normalized spacial score (nSPS) is 10.5. The number of anilines is 1. The number of nitrogens with zero attached hydrogens (tertiary/aromatic N) is 1. The Kier molecular flexibility index (Phi) is 3.84. The zero-order chi connectivity index (χ0) is 14.2. The first-order chi connectivity index (χ1) is 8.90. The summed E-state index contributed by atoms with van der Waals surface area (Å²) in [6, 6.07) is 4.40. The number of carboxylic acids is 1. The standard InChI is InChI=1S/C11H8Cl2N2O3S/c1-15-6(4-5(12)9(15)13)10(16)14-8-3-2-7(19-8)11(17)18/h2-4H,1H3,(H,14,16)(H,17,18). The molecule has 0 aliphatic rings. The summed E-state index contributed by atoms with van der Waals surface area (Å²) in [5.74, 6) is -1.44. The van der Waals surface area contributed by atoms with Crippen molar-refractivity contribution >= 4 is 51.4 Å². The molecule has 0 aliphatic carbocycles. The molecule has 0 spiro atoms. The molecule has 2 rings (SSSR count). The predicted molar refractivity (Wildman–Crippen MR) is 74.7 cm³/mol. The van der Waals surface area contributed by atoms with Crippen LogP contribution in [0.4, 0.5) is 5.00 Å². The van der Waals surface area contributed by atoms with Crippen molar-refractivity contribution in [2.24, 2.45) is 7.05 Å². The second-order valence-corrected chi connectivity index (χ2v) is 5.50. The smallest absolute Gasteiger partial charge is 0.345 e. The Balaban J connectivity index is 2.20. The van der Waals surface area contributed by atoms with Gasteiger partial charge >= 0.3 is 5.97 Å². The van der Waals surface area contributed by atoms with Crippen molar-refractivity contribution in [3.63, 3.8) is 0 Å². The number of aromatic nitrogens is 1. The molecule has 100 valence electrons. The molecule has 19 heavy (non-hydrogen) atoms. The van der Waals surface area contributed by atoms with E-state index in [0.29, 0.717) is 10.7 Å². The van der Waals surface area contributed by atoms with Gasteiger partial charge in [-0.2, -0.15) is 0 Å². The summed E-state index contributed by atoms with van der Waals surface area (Å²) in [4.78, 5) is 22.9. The van der Waals surface area contributed by atoms with Gasteiger partial charge in [0.25, 0.3) is 5.91 Å². The monoisotopic (exact) mass is 318 g/mol. The first-order valence-corrected chi connectivity index (χ1v) is 6.62. The number of hydrogen-bond donors (Lipinski definition) is 2. The lowest BCUT2D eigenvalue weighted by atomic mass is 10.4. The fourth-order valence-electron chi connectivity index (χ4n) is 1.46. The molecular weight excluding hydrogens is 311 g/mol. The topological polar surface area (TPSA) is 71.3 Å². The zero-order valence-electron chi connectivity index (χ0n) is 9.61. The minimum atomic E-state index is -1.03. The number of hydrogen-bond acceptors (Lipinski definition) is 3. The van der Waals surface area contributed by atoms with Gasteiger partial charge in [-0.1, -0.05) is 23.2 Å². The largest absolute Gasteiger partial charge is 0.477 e. The Morgan fingerprint density at radius 1 is 1.37 bits per heavy atom. The van der Waals surface area contributed by atoms with Crippen molar-refractivity contribution in [3.8, 4) is 0 Å². The summed E-state index contributed by atoms with van der Waals surface area (Å²) in [6.45, 7) is 0. The van der Waals surface area contributed by atoms with Gasteiger partial charge in [-0.05, 0) is 18.2 Å². The molecular formula is C11H8Cl2N2O3S. The molecule has 2 aromatic rings. The molecule has 0 bridgehead atoms. The summed E-state index contributed by atoms with van der Waals surface area (Å²) in [5, 5.41) is 12.4. The fraction of sp³-hybridized carbons (Fsp3) is 0.0909. The van der Waals surface area contributed by atoms with Gasteiger partial charge in [0.1, 0.15) is 15.7 Å². The van der Waals surface area contributed by atoms with Crippen LogP contribution in [0.5, 0.6) is 0 Å². The van der Waals surface area contributed by atoms with Crippen molar-refractivity contribution in [2.45, 2.75) is 0 Å². The van der Waals surface area contributed by atoms with Crippen LogP contribution in [-0.4, -0.2) is 21.6 Å². The highest BCUT2D eigenvalue weighted by Gasteiger charge is 2.17. The molecule has 2 aromatic heterocycles.